The second-order valence-electron chi connectivity index (χ2n) is 8.39. The van der Waals surface area contributed by atoms with E-state index in [9.17, 15) is 18.4 Å². The lowest BCUT2D eigenvalue weighted by Crippen LogP contribution is -2.31. The quantitative estimate of drug-likeness (QED) is 0.262. The van der Waals surface area contributed by atoms with Crippen molar-refractivity contribution < 1.29 is 27.9 Å². The highest BCUT2D eigenvalue weighted by atomic mass is 19.1. The molecule has 0 fully saturated rings. The van der Waals surface area contributed by atoms with E-state index in [0.29, 0.717) is 45.5 Å². The summed E-state index contributed by atoms with van der Waals surface area (Å²) in [6.07, 6.45) is -1.55. The van der Waals surface area contributed by atoms with E-state index >= 15 is 0 Å². The summed E-state index contributed by atoms with van der Waals surface area (Å²) in [5, 5.41) is 17.8. The Hall–Kier alpha value is -4.24. The summed E-state index contributed by atoms with van der Waals surface area (Å²) in [6, 6.07) is 16.1. The average Bonchev–Trinajstić information content (AvgIpc) is 3.29. The van der Waals surface area contributed by atoms with Gasteiger partial charge < -0.3 is 25.5 Å². The predicted octanol–water partition coefficient (Wildman–Crippen LogP) is 4.76. The van der Waals surface area contributed by atoms with Crippen molar-refractivity contribution in [3.8, 4) is 22.5 Å². The molecule has 4 aromatic rings. The van der Waals surface area contributed by atoms with Gasteiger partial charge in [0, 0.05) is 47.4 Å². The van der Waals surface area contributed by atoms with E-state index in [1.54, 1.807) is 36.4 Å². The van der Waals surface area contributed by atoms with Crippen molar-refractivity contribution >= 4 is 28.5 Å². The van der Waals surface area contributed by atoms with Gasteiger partial charge in [-0.15, -0.1) is 0 Å². The molecule has 0 spiro atoms. The van der Waals surface area contributed by atoms with Crippen LogP contribution in [-0.2, 0) is 0 Å². The second kappa shape index (κ2) is 11.2. The van der Waals surface area contributed by atoms with Gasteiger partial charge in [0.1, 0.15) is 23.3 Å². The van der Waals surface area contributed by atoms with Gasteiger partial charge in [0.25, 0.3) is 11.8 Å². The molecule has 37 heavy (non-hydrogen) atoms. The number of carbonyl (C=O) groups excluding carboxylic acids is 2. The number of halogens is 2. The molecule has 0 saturated carbocycles. The van der Waals surface area contributed by atoms with Crippen LogP contribution in [0.2, 0.25) is 0 Å². The molecule has 0 unspecified atom stereocenters. The number of hydrogen-bond donors (Lipinski definition) is 4. The number of amides is 2. The summed E-state index contributed by atoms with van der Waals surface area (Å²) in [6.45, 7) is 1.56. The topological polar surface area (TPSA) is 104 Å². The SMILES string of the molecule is CCNc1cc2oc(-c3ccc(F)cc3)c(C(=O)NC)c2cc1-c1cccc(C(=O)NC[C@H](F)CO)c1. The smallest absolute Gasteiger partial charge is 0.255 e. The summed E-state index contributed by atoms with van der Waals surface area (Å²) in [7, 11) is 1.52. The summed E-state index contributed by atoms with van der Waals surface area (Å²) in [4.78, 5) is 25.5. The fourth-order valence-corrected chi connectivity index (χ4v) is 4.07. The third kappa shape index (κ3) is 5.46. The van der Waals surface area contributed by atoms with Crippen LogP contribution in [0.4, 0.5) is 14.5 Å². The molecule has 7 nitrogen and oxygen atoms in total. The van der Waals surface area contributed by atoms with E-state index in [1.807, 2.05) is 19.1 Å². The Morgan fingerprint density at radius 2 is 1.78 bits per heavy atom. The monoisotopic (exact) mass is 507 g/mol. The molecule has 0 radical (unpaired) electrons. The van der Waals surface area contributed by atoms with Gasteiger partial charge in [-0.05, 0) is 55.0 Å². The van der Waals surface area contributed by atoms with Crippen molar-refractivity contribution in [1.82, 2.24) is 10.6 Å². The average molecular weight is 508 g/mol. The second-order valence-corrected chi connectivity index (χ2v) is 8.39. The number of benzene rings is 3. The van der Waals surface area contributed by atoms with Gasteiger partial charge in [0.2, 0.25) is 0 Å². The number of hydrogen-bond acceptors (Lipinski definition) is 5. The standard InChI is InChI=1S/C28H27F2N3O4/c1-3-32-23-13-24-22(25(28(36)31-2)26(37-24)16-7-9-19(29)10-8-16)12-21(23)17-5-4-6-18(11-17)27(35)33-14-20(30)15-34/h4-13,20,32,34H,3,14-15H2,1-2H3,(H,31,36)(H,33,35)/t20-/m0/s1. The molecule has 4 rings (SSSR count). The molecule has 0 saturated heterocycles. The highest BCUT2D eigenvalue weighted by Gasteiger charge is 2.23. The van der Waals surface area contributed by atoms with E-state index in [0.717, 1.165) is 11.3 Å². The molecular weight excluding hydrogens is 480 g/mol. The number of aliphatic hydroxyl groups excluding tert-OH is 1. The molecule has 9 heteroatoms. The number of anilines is 1. The molecule has 0 aliphatic heterocycles. The Morgan fingerprint density at radius 1 is 1.03 bits per heavy atom. The number of furan rings is 1. The van der Waals surface area contributed by atoms with Gasteiger partial charge in [0.15, 0.2) is 0 Å². The van der Waals surface area contributed by atoms with E-state index in [4.69, 9.17) is 9.52 Å². The van der Waals surface area contributed by atoms with Gasteiger partial charge in [-0.2, -0.15) is 0 Å². The van der Waals surface area contributed by atoms with E-state index < -0.39 is 24.5 Å². The fourth-order valence-electron chi connectivity index (χ4n) is 4.07. The summed E-state index contributed by atoms with van der Waals surface area (Å²) >= 11 is 0. The van der Waals surface area contributed by atoms with Crippen LogP contribution in [0.3, 0.4) is 0 Å². The van der Waals surface area contributed by atoms with E-state index in [2.05, 4.69) is 16.0 Å². The molecule has 4 N–H and O–H groups in total. The zero-order valence-electron chi connectivity index (χ0n) is 20.4. The Labute approximate surface area is 212 Å². The van der Waals surface area contributed by atoms with Gasteiger partial charge in [-0.25, -0.2) is 8.78 Å². The van der Waals surface area contributed by atoms with Crippen LogP contribution in [0, 0.1) is 5.82 Å². The number of rotatable bonds is 9. The van der Waals surface area contributed by atoms with Crippen LogP contribution in [0.25, 0.3) is 33.4 Å². The van der Waals surface area contributed by atoms with Crippen LogP contribution in [0.15, 0.2) is 65.1 Å². The molecule has 192 valence electrons. The summed E-state index contributed by atoms with van der Waals surface area (Å²) in [5.41, 5.74) is 3.77. The van der Waals surface area contributed by atoms with Crippen molar-refractivity contribution in [1.29, 1.82) is 0 Å². The highest BCUT2D eigenvalue weighted by molar-refractivity contribution is 6.13. The molecule has 0 aliphatic rings. The zero-order valence-corrected chi connectivity index (χ0v) is 20.4. The van der Waals surface area contributed by atoms with Crippen LogP contribution < -0.4 is 16.0 Å². The maximum atomic E-state index is 13.5. The lowest BCUT2D eigenvalue weighted by Gasteiger charge is -2.13. The first-order valence-corrected chi connectivity index (χ1v) is 11.8. The Bertz CT molecular complexity index is 1430. The molecular formula is C28H27F2N3O4. The van der Waals surface area contributed by atoms with Gasteiger partial charge in [0.05, 0.1) is 18.7 Å². The molecule has 0 bridgehead atoms. The largest absolute Gasteiger partial charge is 0.455 e. The van der Waals surface area contributed by atoms with Crippen LogP contribution in [0.1, 0.15) is 27.6 Å². The molecule has 1 atom stereocenters. The summed E-state index contributed by atoms with van der Waals surface area (Å²) in [5.74, 6) is -0.929. The zero-order chi connectivity index (χ0) is 26.5. The van der Waals surface area contributed by atoms with Gasteiger partial charge in [-0.1, -0.05) is 12.1 Å². The van der Waals surface area contributed by atoms with Gasteiger partial charge >= 0.3 is 0 Å². The first-order chi connectivity index (χ1) is 17.9. The summed E-state index contributed by atoms with van der Waals surface area (Å²) < 4.78 is 33.0. The highest BCUT2D eigenvalue weighted by Crippen LogP contribution is 2.40. The van der Waals surface area contributed by atoms with Crippen LogP contribution in [-0.4, -0.2) is 49.8 Å². The van der Waals surface area contributed by atoms with Crippen LogP contribution in [0.5, 0.6) is 0 Å². The lowest BCUT2D eigenvalue weighted by molar-refractivity contribution is 0.0926. The number of aliphatic hydroxyl groups is 1. The minimum absolute atomic E-state index is 0.301. The third-order valence-electron chi connectivity index (χ3n) is 5.87. The molecule has 1 heterocycles. The minimum atomic E-state index is -1.55. The fraction of sp³-hybridized carbons (Fsp3) is 0.214. The van der Waals surface area contributed by atoms with Crippen molar-refractivity contribution in [3.05, 3.63) is 77.6 Å². The number of nitrogens with one attached hydrogen (secondary N) is 3. The van der Waals surface area contributed by atoms with E-state index in [1.165, 1.54) is 19.2 Å². The first-order valence-electron chi connectivity index (χ1n) is 11.8. The van der Waals surface area contributed by atoms with E-state index in [-0.39, 0.29) is 12.5 Å². The molecule has 1 aromatic heterocycles. The maximum Gasteiger partial charge on any atom is 0.255 e. The minimum Gasteiger partial charge on any atom is -0.455 e. The van der Waals surface area contributed by atoms with Crippen molar-refractivity contribution in [2.45, 2.75) is 13.1 Å². The Balaban J connectivity index is 1.85. The number of fused-ring (bicyclic) bond motifs is 1. The molecule has 0 aliphatic carbocycles. The first kappa shape index (κ1) is 25.8. The van der Waals surface area contributed by atoms with Crippen molar-refractivity contribution in [2.24, 2.45) is 0 Å². The molecule has 3 aromatic carbocycles. The lowest BCUT2D eigenvalue weighted by atomic mass is 9.97. The third-order valence-corrected chi connectivity index (χ3v) is 5.87. The van der Waals surface area contributed by atoms with Crippen molar-refractivity contribution in [2.75, 3.05) is 32.1 Å². The maximum absolute atomic E-state index is 13.5. The Kier molecular flexibility index (Phi) is 7.83. The number of carbonyl (C=O) groups is 2. The predicted molar refractivity (Wildman–Crippen MR) is 139 cm³/mol. The normalized spacial score (nSPS) is 11.8. The Morgan fingerprint density at radius 3 is 2.46 bits per heavy atom. The number of alkyl halides is 1. The van der Waals surface area contributed by atoms with Gasteiger partial charge in [-0.3, -0.25) is 9.59 Å². The molecule has 2 amide bonds. The van der Waals surface area contributed by atoms with Crippen molar-refractivity contribution in [3.63, 3.8) is 0 Å². The van der Waals surface area contributed by atoms with Crippen LogP contribution >= 0.6 is 0 Å².